The smallest absolute Gasteiger partial charge is 0.871 e. The van der Waals surface area contributed by atoms with E-state index in [9.17, 15) is 28.0 Å². The van der Waals surface area contributed by atoms with Crippen LogP contribution >= 0.6 is 0 Å². The Morgan fingerprint density at radius 1 is 0.814 bits per heavy atom. The van der Waals surface area contributed by atoms with Crippen molar-refractivity contribution in [3.63, 3.8) is 0 Å². The Hall–Kier alpha value is -4.59. The SMILES string of the molecule is Nc1cccc(C(O)=Nc2cccc(C(=O)Nc3ccc4c([O-])c(N=Nc5ccccc5)c(S(=O)(=O)O)cc4c3)c2)c1.[Na+]. The summed E-state index contributed by atoms with van der Waals surface area (Å²) < 4.78 is 34.1. The van der Waals surface area contributed by atoms with E-state index in [-0.39, 0.29) is 57.5 Å². The van der Waals surface area contributed by atoms with Gasteiger partial charge in [0.1, 0.15) is 4.90 Å². The van der Waals surface area contributed by atoms with Crippen LogP contribution in [0.1, 0.15) is 15.9 Å². The zero-order valence-electron chi connectivity index (χ0n) is 22.7. The van der Waals surface area contributed by atoms with Gasteiger partial charge in [-0.25, -0.2) is 4.99 Å². The molecule has 11 nitrogen and oxygen atoms in total. The average molecular weight is 604 g/mol. The molecule has 0 heterocycles. The molecule has 0 saturated heterocycles. The van der Waals surface area contributed by atoms with Crippen molar-refractivity contribution in [1.29, 1.82) is 0 Å². The summed E-state index contributed by atoms with van der Waals surface area (Å²) in [6.45, 7) is 0. The van der Waals surface area contributed by atoms with Gasteiger partial charge in [0.15, 0.2) is 0 Å². The second kappa shape index (κ2) is 13.2. The molecule has 5 aromatic rings. The number of hydrogen-bond acceptors (Lipinski definition) is 8. The van der Waals surface area contributed by atoms with Gasteiger partial charge in [0.25, 0.3) is 16.0 Å². The van der Waals surface area contributed by atoms with Crippen molar-refractivity contribution in [2.24, 2.45) is 15.2 Å². The van der Waals surface area contributed by atoms with Crippen molar-refractivity contribution in [3.05, 3.63) is 114 Å². The Morgan fingerprint density at radius 2 is 1.51 bits per heavy atom. The monoisotopic (exact) mass is 603 g/mol. The Balaban J connectivity index is 0.00000423. The number of benzene rings is 5. The first-order valence-electron chi connectivity index (χ1n) is 12.4. The van der Waals surface area contributed by atoms with Crippen LogP contribution in [-0.2, 0) is 10.1 Å². The maximum absolute atomic E-state index is 13.2. The fourth-order valence-electron chi connectivity index (χ4n) is 4.09. The minimum Gasteiger partial charge on any atom is -0.871 e. The second-order valence-electron chi connectivity index (χ2n) is 9.06. The first-order chi connectivity index (χ1) is 20.1. The van der Waals surface area contributed by atoms with Gasteiger partial charge in [0, 0.05) is 22.5 Å². The van der Waals surface area contributed by atoms with Crippen molar-refractivity contribution in [2.75, 3.05) is 11.1 Å². The number of aliphatic hydroxyl groups is 1. The van der Waals surface area contributed by atoms with Gasteiger partial charge in [0.2, 0.25) is 5.90 Å². The predicted octanol–water partition coefficient (Wildman–Crippen LogP) is 3.05. The first-order valence-corrected chi connectivity index (χ1v) is 13.8. The van der Waals surface area contributed by atoms with Gasteiger partial charge < -0.3 is 21.3 Å². The van der Waals surface area contributed by atoms with Crippen LogP contribution in [0.5, 0.6) is 5.75 Å². The summed E-state index contributed by atoms with van der Waals surface area (Å²) in [7, 11) is -4.85. The van der Waals surface area contributed by atoms with Crippen molar-refractivity contribution in [2.45, 2.75) is 4.90 Å². The minimum absolute atomic E-state index is 0. The summed E-state index contributed by atoms with van der Waals surface area (Å²) in [5.41, 5.74) is 7.25. The number of amides is 1. The Labute approximate surface area is 268 Å². The molecule has 0 aliphatic rings. The molecule has 0 radical (unpaired) electrons. The van der Waals surface area contributed by atoms with Gasteiger partial charge >= 0.3 is 29.6 Å². The standard InChI is InChI=1S/C30H23N5O6S.Na/c31-21-8-4-6-18(14-21)29(37)32-23-11-5-7-19(15-23)30(38)33-24-12-13-25-20(16-24)17-26(42(39,40)41)27(28(25)36)35-34-22-9-2-1-3-10-22;/h1-17,36H,31H2,(H,32,37)(H,33,38)(H,39,40,41);/q;+1/p-1. The predicted molar refractivity (Wildman–Crippen MR) is 158 cm³/mol. The van der Waals surface area contributed by atoms with Gasteiger partial charge in [-0.3, -0.25) is 9.35 Å². The molecule has 0 spiro atoms. The maximum Gasteiger partial charge on any atom is 1.00 e. The molecule has 0 aliphatic heterocycles. The number of hydrogen-bond donors (Lipinski definition) is 4. The van der Waals surface area contributed by atoms with Gasteiger partial charge in [-0.1, -0.05) is 42.1 Å². The first kappa shape index (κ1) is 31.3. The Morgan fingerprint density at radius 3 is 2.23 bits per heavy atom. The fraction of sp³-hybridized carbons (Fsp3) is 0. The number of anilines is 2. The number of azo groups is 1. The van der Waals surface area contributed by atoms with E-state index in [1.165, 1.54) is 24.3 Å². The molecule has 5 aromatic carbocycles. The van der Waals surface area contributed by atoms with Crippen LogP contribution < -0.4 is 45.7 Å². The molecule has 5 N–H and O–H groups in total. The molecule has 43 heavy (non-hydrogen) atoms. The number of nitrogen functional groups attached to an aromatic ring is 1. The van der Waals surface area contributed by atoms with E-state index < -0.39 is 32.4 Å². The van der Waals surface area contributed by atoms with Gasteiger partial charge in [-0.2, -0.15) is 13.5 Å². The molecule has 0 atom stereocenters. The van der Waals surface area contributed by atoms with Crippen LogP contribution in [0.3, 0.4) is 0 Å². The summed E-state index contributed by atoms with van der Waals surface area (Å²) in [4.78, 5) is 16.4. The van der Waals surface area contributed by atoms with Crippen molar-refractivity contribution in [3.8, 4) is 5.75 Å². The van der Waals surface area contributed by atoms with Gasteiger partial charge in [-0.15, -0.1) is 5.11 Å². The molecule has 0 saturated carbocycles. The molecule has 0 aliphatic carbocycles. The summed E-state index contributed by atoms with van der Waals surface area (Å²) in [6, 6.07) is 26.5. The zero-order chi connectivity index (χ0) is 29.9. The topological polar surface area (TPSA) is 190 Å². The third-order valence-electron chi connectivity index (χ3n) is 6.08. The number of aliphatic hydroxyl groups excluding tert-OH is 1. The molecule has 0 bridgehead atoms. The number of fused-ring (bicyclic) bond motifs is 1. The molecule has 13 heteroatoms. The molecular weight excluding hydrogens is 581 g/mol. The summed E-state index contributed by atoms with van der Waals surface area (Å²) in [6.07, 6.45) is 0. The van der Waals surface area contributed by atoms with Crippen LogP contribution in [0.25, 0.3) is 10.8 Å². The Kier molecular flexibility index (Phi) is 9.59. The van der Waals surface area contributed by atoms with E-state index >= 15 is 0 Å². The number of nitrogens with one attached hydrogen (secondary N) is 1. The molecule has 0 unspecified atom stereocenters. The third-order valence-corrected chi connectivity index (χ3v) is 6.94. The average Bonchev–Trinajstić information content (AvgIpc) is 2.96. The second-order valence-corrected chi connectivity index (χ2v) is 10.5. The van der Waals surface area contributed by atoms with E-state index in [0.29, 0.717) is 22.6 Å². The normalized spacial score (nSPS) is 11.8. The van der Waals surface area contributed by atoms with Crippen LogP contribution in [0.15, 0.2) is 123 Å². The van der Waals surface area contributed by atoms with Crippen LogP contribution in [0.2, 0.25) is 0 Å². The Bertz CT molecular complexity index is 2000. The summed E-state index contributed by atoms with van der Waals surface area (Å²) in [5.74, 6) is -1.57. The molecule has 210 valence electrons. The molecule has 0 fully saturated rings. The van der Waals surface area contributed by atoms with Crippen LogP contribution in [0.4, 0.5) is 28.4 Å². The molecule has 5 rings (SSSR count). The van der Waals surface area contributed by atoms with Crippen molar-refractivity contribution < 1.29 is 57.5 Å². The van der Waals surface area contributed by atoms with E-state index in [2.05, 4.69) is 20.5 Å². The number of rotatable bonds is 7. The minimum atomic E-state index is -4.85. The number of nitrogens with zero attached hydrogens (tertiary/aromatic N) is 3. The van der Waals surface area contributed by atoms with E-state index in [1.54, 1.807) is 72.8 Å². The number of carbonyl (C=O) groups is 1. The van der Waals surface area contributed by atoms with Crippen LogP contribution in [0, 0.1) is 0 Å². The van der Waals surface area contributed by atoms with E-state index in [0.717, 1.165) is 6.07 Å². The van der Waals surface area contributed by atoms with Gasteiger partial charge in [0.05, 0.1) is 17.1 Å². The largest absolute Gasteiger partial charge is 1.00 e. The molecule has 1 amide bonds. The zero-order valence-corrected chi connectivity index (χ0v) is 25.5. The third kappa shape index (κ3) is 7.44. The van der Waals surface area contributed by atoms with E-state index in [1.807, 2.05) is 0 Å². The maximum atomic E-state index is 13.2. The van der Waals surface area contributed by atoms with Gasteiger partial charge in [-0.05, 0) is 77.5 Å². The number of aliphatic imine (C=N–C) groups is 1. The van der Waals surface area contributed by atoms with Crippen LogP contribution in [-0.4, -0.2) is 29.9 Å². The van der Waals surface area contributed by atoms with Crippen molar-refractivity contribution in [1.82, 2.24) is 0 Å². The molecular formula is C30H22N5NaO6S. The van der Waals surface area contributed by atoms with E-state index in [4.69, 9.17) is 5.73 Å². The molecule has 0 aromatic heterocycles. The number of carbonyl (C=O) groups excluding carboxylic acids is 1. The summed E-state index contributed by atoms with van der Waals surface area (Å²) >= 11 is 0. The summed E-state index contributed by atoms with van der Waals surface area (Å²) in [5, 5.41) is 34.2. The fourth-order valence-corrected chi connectivity index (χ4v) is 4.75. The number of nitrogens with two attached hydrogens (primary N) is 1. The quantitative estimate of drug-likeness (QED) is 0.0549. The van der Waals surface area contributed by atoms with Crippen molar-refractivity contribution >= 4 is 61.1 Å².